The number of amides is 2. The second-order valence-electron chi connectivity index (χ2n) is 10.2. The van der Waals surface area contributed by atoms with Crippen LogP contribution in [0.25, 0.3) is 6.08 Å². The molecule has 0 saturated carbocycles. The average Bonchev–Trinajstić information content (AvgIpc) is 3.00. The molecule has 1 saturated heterocycles. The van der Waals surface area contributed by atoms with Crippen LogP contribution in [0.1, 0.15) is 68.6 Å². The van der Waals surface area contributed by atoms with Crippen LogP contribution in [0, 0.1) is 0 Å². The summed E-state index contributed by atoms with van der Waals surface area (Å²) in [6, 6.07) is 10.4. The summed E-state index contributed by atoms with van der Waals surface area (Å²) in [7, 11) is 1.55. The lowest BCUT2D eigenvalue weighted by Gasteiger charge is -2.28. The first-order chi connectivity index (χ1) is 15.7. The van der Waals surface area contributed by atoms with Gasteiger partial charge < -0.3 is 9.84 Å². The first kappa shape index (κ1) is 25.8. The minimum absolute atomic E-state index is 0.240. The molecule has 0 spiro atoms. The molecule has 1 heterocycles. The fraction of sp³-hybridized carbons (Fsp3) is 0.346. The number of hydrogen-bond donors (Lipinski definition) is 2. The molecular weight excluding hydrogens is 468 g/mol. The third-order valence-electron chi connectivity index (χ3n) is 5.41. The van der Waals surface area contributed by atoms with Gasteiger partial charge in [0.25, 0.3) is 11.8 Å². The summed E-state index contributed by atoms with van der Waals surface area (Å²) < 4.78 is 5.35. The number of hydrogen-bond acceptors (Lipinski definition) is 6. The van der Waals surface area contributed by atoms with E-state index in [4.69, 9.17) is 17.0 Å². The zero-order valence-corrected chi connectivity index (χ0v) is 22.1. The lowest BCUT2D eigenvalue weighted by Crippen LogP contribution is -2.44. The van der Waals surface area contributed by atoms with Crippen molar-refractivity contribution in [2.45, 2.75) is 52.4 Å². The first-order valence-corrected chi connectivity index (χ1v) is 12.1. The number of nitrogens with one attached hydrogen (secondary N) is 1. The van der Waals surface area contributed by atoms with E-state index in [1.165, 1.54) is 0 Å². The Hall–Kier alpha value is -2.84. The number of thioether (sulfide) groups is 1. The van der Waals surface area contributed by atoms with Crippen LogP contribution in [-0.4, -0.2) is 33.4 Å². The highest BCUT2D eigenvalue weighted by Gasteiger charge is 2.34. The van der Waals surface area contributed by atoms with Crippen molar-refractivity contribution in [1.29, 1.82) is 0 Å². The minimum atomic E-state index is -0.449. The van der Waals surface area contributed by atoms with E-state index in [1.807, 2.05) is 53.7 Å². The first-order valence-electron chi connectivity index (χ1n) is 10.8. The monoisotopic (exact) mass is 498 g/mol. The van der Waals surface area contributed by atoms with Crippen molar-refractivity contribution in [3.63, 3.8) is 0 Å². The Bertz CT molecular complexity index is 1140. The van der Waals surface area contributed by atoms with E-state index in [0.717, 1.165) is 33.5 Å². The van der Waals surface area contributed by atoms with Crippen LogP contribution in [0.4, 0.5) is 0 Å². The topological polar surface area (TPSA) is 78.9 Å². The molecule has 0 radical (unpaired) electrons. The highest BCUT2D eigenvalue weighted by molar-refractivity contribution is 8.26. The Labute approximate surface area is 210 Å². The van der Waals surface area contributed by atoms with Gasteiger partial charge in [-0.25, -0.2) is 0 Å². The van der Waals surface area contributed by atoms with Gasteiger partial charge in [-0.2, -0.15) is 5.01 Å². The fourth-order valence-electron chi connectivity index (χ4n) is 3.51. The van der Waals surface area contributed by atoms with Gasteiger partial charge in [-0.1, -0.05) is 53.3 Å². The Morgan fingerprint density at radius 3 is 2.06 bits per heavy atom. The molecule has 8 heteroatoms. The van der Waals surface area contributed by atoms with Crippen molar-refractivity contribution in [2.24, 2.45) is 0 Å². The molecule has 0 unspecified atom stereocenters. The van der Waals surface area contributed by atoms with E-state index in [-0.39, 0.29) is 20.9 Å². The number of thiocarbonyl (C=S) groups is 1. The Morgan fingerprint density at radius 1 is 1.06 bits per heavy atom. The van der Waals surface area contributed by atoms with E-state index >= 15 is 0 Å². The summed E-state index contributed by atoms with van der Waals surface area (Å²) in [6.45, 7) is 12.2. The van der Waals surface area contributed by atoms with E-state index in [0.29, 0.717) is 16.2 Å². The number of benzene rings is 2. The molecule has 3 rings (SSSR count). The number of methoxy groups -OCH3 is 1. The summed E-state index contributed by atoms with van der Waals surface area (Å²) in [5.41, 5.74) is 4.77. The van der Waals surface area contributed by atoms with Gasteiger partial charge in [0.05, 0.1) is 12.0 Å². The van der Waals surface area contributed by atoms with Crippen LogP contribution < -0.4 is 10.2 Å². The lowest BCUT2D eigenvalue weighted by molar-refractivity contribution is -0.123. The maximum absolute atomic E-state index is 13.1. The third-order valence-corrected chi connectivity index (χ3v) is 6.71. The molecule has 1 fully saturated rings. The van der Waals surface area contributed by atoms with Crippen molar-refractivity contribution in [2.75, 3.05) is 7.11 Å². The molecular formula is C26H30N2O4S2. The van der Waals surface area contributed by atoms with Gasteiger partial charge in [0.15, 0.2) is 4.32 Å². The average molecular weight is 499 g/mol. The van der Waals surface area contributed by atoms with Gasteiger partial charge in [-0.3, -0.25) is 15.0 Å². The molecule has 34 heavy (non-hydrogen) atoms. The normalized spacial score (nSPS) is 15.7. The van der Waals surface area contributed by atoms with E-state index in [2.05, 4.69) is 5.43 Å². The largest absolute Gasteiger partial charge is 0.507 e. The molecule has 180 valence electrons. The van der Waals surface area contributed by atoms with Crippen molar-refractivity contribution in [1.82, 2.24) is 10.4 Å². The van der Waals surface area contributed by atoms with Crippen LogP contribution in [0.15, 0.2) is 41.3 Å². The summed E-state index contributed by atoms with van der Waals surface area (Å²) in [5, 5.41) is 12.0. The van der Waals surface area contributed by atoms with Gasteiger partial charge in [0.2, 0.25) is 0 Å². The molecule has 0 atom stereocenters. The summed E-state index contributed by atoms with van der Waals surface area (Å²) in [4.78, 5) is 26.1. The molecule has 2 aromatic rings. The maximum Gasteiger partial charge on any atom is 0.285 e. The van der Waals surface area contributed by atoms with Crippen molar-refractivity contribution < 1.29 is 19.4 Å². The molecule has 6 nitrogen and oxygen atoms in total. The summed E-state index contributed by atoms with van der Waals surface area (Å²) in [5.74, 6) is 0.0501. The predicted molar refractivity (Wildman–Crippen MR) is 141 cm³/mol. The number of nitrogens with zero attached hydrogens (tertiary/aromatic N) is 1. The highest BCUT2D eigenvalue weighted by atomic mass is 32.2. The van der Waals surface area contributed by atoms with Gasteiger partial charge >= 0.3 is 0 Å². The summed E-state index contributed by atoms with van der Waals surface area (Å²) in [6.07, 6.45) is 1.75. The number of hydrazine groups is 1. The van der Waals surface area contributed by atoms with Crippen LogP contribution in [-0.2, 0) is 15.6 Å². The zero-order valence-electron chi connectivity index (χ0n) is 20.5. The maximum atomic E-state index is 13.1. The Kier molecular flexibility index (Phi) is 7.15. The van der Waals surface area contributed by atoms with Crippen LogP contribution in [0.3, 0.4) is 0 Å². The van der Waals surface area contributed by atoms with Crippen LogP contribution >= 0.6 is 24.0 Å². The van der Waals surface area contributed by atoms with Crippen LogP contribution in [0.2, 0.25) is 0 Å². The number of phenols is 1. The molecule has 2 aromatic carbocycles. The summed E-state index contributed by atoms with van der Waals surface area (Å²) >= 11 is 6.48. The molecule has 0 aromatic heterocycles. The third kappa shape index (κ3) is 5.45. The molecule has 1 aliphatic heterocycles. The molecule has 2 N–H and O–H groups in total. The van der Waals surface area contributed by atoms with Gasteiger partial charge in [0.1, 0.15) is 11.5 Å². The van der Waals surface area contributed by atoms with Crippen molar-refractivity contribution in [3.8, 4) is 11.5 Å². The van der Waals surface area contributed by atoms with E-state index in [9.17, 15) is 14.7 Å². The van der Waals surface area contributed by atoms with Crippen molar-refractivity contribution in [3.05, 3.63) is 63.6 Å². The lowest BCUT2D eigenvalue weighted by atomic mass is 9.78. The molecule has 0 aliphatic carbocycles. The molecule has 2 amide bonds. The highest BCUT2D eigenvalue weighted by Crippen LogP contribution is 2.41. The molecule has 1 aliphatic rings. The Morgan fingerprint density at radius 2 is 1.59 bits per heavy atom. The standard InChI is InChI=1S/C26H30N2O4S2/c1-25(2,3)18-12-15(13-19(21(18)29)26(4,5)6)14-20-23(31)28(24(33)34-20)27-22(30)16-8-10-17(32-7)11-9-16/h8-14,29H,1-7H3,(H,27,30)/b20-14-. The van der Waals surface area contributed by atoms with E-state index in [1.54, 1.807) is 37.5 Å². The molecule has 0 bridgehead atoms. The second-order valence-corrected chi connectivity index (χ2v) is 11.8. The van der Waals surface area contributed by atoms with Crippen molar-refractivity contribution >= 4 is 46.2 Å². The number of rotatable bonds is 4. The fourth-order valence-corrected chi connectivity index (χ4v) is 4.69. The van der Waals surface area contributed by atoms with Crippen LogP contribution in [0.5, 0.6) is 11.5 Å². The number of phenolic OH excluding ortho intramolecular Hbond substituents is 1. The number of carbonyl (C=O) groups excluding carboxylic acids is 2. The van der Waals surface area contributed by atoms with E-state index < -0.39 is 11.8 Å². The zero-order chi connectivity index (χ0) is 25.4. The number of carbonyl (C=O) groups is 2. The number of ether oxygens (including phenoxy) is 1. The van der Waals surface area contributed by atoms with Gasteiger partial charge in [-0.05, 0) is 71.1 Å². The quantitative estimate of drug-likeness (QED) is 0.426. The smallest absolute Gasteiger partial charge is 0.285 e. The SMILES string of the molecule is COc1ccc(C(=O)NN2C(=O)/C(=C/c3cc(C(C)(C)C)c(O)c(C(C)(C)C)c3)SC2=S)cc1. The number of aromatic hydroxyl groups is 1. The second kappa shape index (κ2) is 9.43. The Balaban J connectivity index is 1.92. The van der Waals surface area contributed by atoms with Gasteiger partial charge in [0, 0.05) is 16.7 Å². The predicted octanol–water partition coefficient (Wildman–Crippen LogP) is 5.54. The van der Waals surface area contributed by atoms with Gasteiger partial charge in [-0.15, -0.1) is 0 Å². The minimum Gasteiger partial charge on any atom is -0.507 e.